The van der Waals surface area contributed by atoms with Crippen molar-refractivity contribution in [3.8, 4) is 5.88 Å². The van der Waals surface area contributed by atoms with E-state index in [2.05, 4.69) is 26.1 Å². The number of carbonyl (C=O) groups is 1. The van der Waals surface area contributed by atoms with Gasteiger partial charge in [-0.3, -0.25) is 14.5 Å². The molecule has 0 radical (unpaired) electrons. The molecule has 1 saturated carbocycles. The lowest BCUT2D eigenvalue weighted by Crippen LogP contribution is -2.42. The minimum Gasteiger partial charge on any atom is -0.478 e. The molecule has 0 spiro atoms. The lowest BCUT2D eigenvalue weighted by molar-refractivity contribution is 0.0445. The van der Waals surface area contributed by atoms with E-state index in [4.69, 9.17) is 9.72 Å². The molecule has 0 bridgehead atoms. The Bertz CT molecular complexity index is 1250. The first-order valence-electron chi connectivity index (χ1n) is 11.4. The van der Waals surface area contributed by atoms with Gasteiger partial charge in [0.05, 0.1) is 25.5 Å². The number of hydrogen-bond acceptors (Lipinski definition) is 9. The third-order valence-electron chi connectivity index (χ3n) is 6.33. The van der Waals surface area contributed by atoms with Gasteiger partial charge in [-0.15, -0.1) is 5.10 Å². The van der Waals surface area contributed by atoms with Gasteiger partial charge in [0.1, 0.15) is 17.1 Å². The lowest BCUT2D eigenvalue weighted by Gasteiger charge is -2.30. The van der Waals surface area contributed by atoms with Crippen LogP contribution in [-0.2, 0) is 0 Å². The van der Waals surface area contributed by atoms with Crippen LogP contribution in [0.15, 0.2) is 49.5 Å². The fraction of sp³-hybridized carbons (Fsp3) is 0.364. The number of hydrazine groups is 2. The molecule has 2 N–H and O–H groups in total. The average Bonchev–Trinajstić information content (AvgIpc) is 3.57. The molecule has 2 fully saturated rings. The summed E-state index contributed by atoms with van der Waals surface area (Å²) in [5, 5.41) is 15.7. The van der Waals surface area contributed by atoms with E-state index < -0.39 is 0 Å². The number of anilines is 2. The van der Waals surface area contributed by atoms with E-state index in [0.717, 1.165) is 32.4 Å². The molecule has 0 aromatic carbocycles. The molecule has 3 aliphatic rings. The minimum atomic E-state index is -0.317. The van der Waals surface area contributed by atoms with E-state index in [1.165, 1.54) is 12.6 Å². The van der Waals surface area contributed by atoms with Crippen molar-refractivity contribution in [1.82, 2.24) is 39.9 Å². The molecule has 0 unspecified atom stereocenters. The molecular weight excluding hydrogens is 436 g/mol. The second-order valence-electron chi connectivity index (χ2n) is 8.45. The third-order valence-corrected chi connectivity index (χ3v) is 6.33. The smallest absolute Gasteiger partial charge is 0.261 e. The van der Waals surface area contributed by atoms with E-state index in [0.29, 0.717) is 34.6 Å². The SMILES string of the molecule is COc1nn(C2CCC2)cc1NC(=O)c1cnn2ccc(N3C=CN(N4CCCN4)C=C3)nc12. The topological polar surface area (TPSA) is 108 Å². The van der Waals surface area contributed by atoms with Crippen molar-refractivity contribution in [2.45, 2.75) is 31.7 Å². The molecule has 1 aliphatic carbocycles. The molecule has 176 valence electrons. The van der Waals surface area contributed by atoms with Crippen molar-refractivity contribution in [2.75, 3.05) is 30.4 Å². The predicted molar refractivity (Wildman–Crippen MR) is 125 cm³/mol. The van der Waals surface area contributed by atoms with Crippen LogP contribution in [0.25, 0.3) is 5.65 Å². The molecule has 2 aliphatic heterocycles. The first kappa shape index (κ1) is 20.7. The van der Waals surface area contributed by atoms with Crippen LogP contribution in [0, 0.1) is 0 Å². The highest BCUT2D eigenvalue weighted by Crippen LogP contribution is 2.34. The Morgan fingerprint density at radius 1 is 1.21 bits per heavy atom. The summed E-state index contributed by atoms with van der Waals surface area (Å²) in [7, 11) is 1.55. The van der Waals surface area contributed by atoms with Gasteiger partial charge >= 0.3 is 0 Å². The Balaban J connectivity index is 1.22. The molecule has 1 amide bonds. The van der Waals surface area contributed by atoms with E-state index in [-0.39, 0.29) is 5.91 Å². The zero-order valence-corrected chi connectivity index (χ0v) is 18.8. The number of methoxy groups -OCH3 is 1. The van der Waals surface area contributed by atoms with Crippen LogP contribution in [0.1, 0.15) is 42.1 Å². The highest BCUT2D eigenvalue weighted by molar-refractivity contribution is 6.08. The fourth-order valence-electron chi connectivity index (χ4n) is 4.21. The number of hydrogen-bond donors (Lipinski definition) is 2. The van der Waals surface area contributed by atoms with Gasteiger partial charge in [-0.25, -0.2) is 14.9 Å². The number of amides is 1. The Morgan fingerprint density at radius 3 is 2.76 bits per heavy atom. The summed E-state index contributed by atoms with van der Waals surface area (Å²) in [6.45, 7) is 1.93. The Labute approximate surface area is 196 Å². The normalized spacial score (nSPS) is 18.6. The first-order chi connectivity index (χ1) is 16.7. The first-order valence-corrected chi connectivity index (χ1v) is 11.4. The second kappa shape index (κ2) is 8.47. The summed E-state index contributed by atoms with van der Waals surface area (Å²) < 4.78 is 8.84. The summed E-state index contributed by atoms with van der Waals surface area (Å²) in [5.41, 5.74) is 4.68. The summed E-state index contributed by atoms with van der Waals surface area (Å²) >= 11 is 0. The second-order valence-corrected chi connectivity index (χ2v) is 8.45. The number of nitrogens with one attached hydrogen (secondary N) is 2. The van der Waals surface area contributed by atoms with Gasteiger partial charge < -0.3 is 15.0 Å². The van der Waals surface area contributed by atoms with E-state index >= 15 is 0 Å². The number of aromatic nitrogens is 5. The summed E-state index contributed by atoms with van der Waals surface area (Å²) in [6.07, 6.45) is 17.4. The predicted octanol–water partition coefficient (Wildman–Crippen LogP) is 2.10. The van der Waals surface area contributed by atoms with Crippen LogP contribution < -0.4 is 20.4 Å². The Morgan fingerprint density at radius 2 is 2.06 bits per heavy atom. The number of fused-ring (bicyclic) bond motifs is 1. The van der Waals surface area contributed by atoms with Gasteiger partial charge in [0.2, 0.25) is 0 Å². The van der Waals surface area contributed by atoms with E-state index in [1.807, 2.05) is 51.7 Å². The van der Waals surface area contributed by atoms with Gasteiger partial charge in [0.15, 0.2) is 5.65 Å². The number of ether oxygens (including phenoxy) is 1. The van der Waals surface area contributed by atoms with Crippen molar-refractivity contribution < 1.29 is 9.53 Å². The van der Waals surface area contributed by atoms with Crippen LogP contribution in [0.4, 0.5) is 11.5 Å². The quantitative estimate of drug-likeness (QED) is 0.569. The number of carbonyl (C=O) groups excluding carboxylic acids is 1. The molecule has 3 aromatic rings. The zero-order valence-electron chi connectivity index (χ0n) is 18.8. The maximum Gasteiger partial charge on any atom is 0.261 e. The highest BCUT2D eigenvalue weighted by Gasteiger charge is 2.24. The molecule has 0 atom stereocenters. The summed E-state index contributed by atoms with van der Waals surface area (Å²) in [4.78, 5) is 19.7. The monoisotopic (exact) mass is 462 g/mol. The molecule has 5 heterocycles. The van der Waals surface area contributed by atoms with Gasteiger partial charge in [0, 0.05) is 44.1 Å². The number of rotatable bonds is 6. The molecule has 6 rings (SSSR count). The van der Waals surface area contributed by atoms with Gasteiger partial charge in [-0.2, -0.15) is 10.2 Å². The standard InChI is InChI=1S/C22H26N10O2/c1-34-22-18(15-31(27-22)16-4-2-5-16)25-21(33)17-14-24-30-9-6-19(26-20(17)30)28-10-12-29(13-11-28)32-8-3-7-23-32/h6,9-16,23H,2-5,7-8H2,1H3,(H,25,33). The molecular formula is C22H26N10O2. The largest absolute Gasteiger partial charge is 0.478 e. The van der Waals surface area contributed by atoms with E-state index in [1.54, 1.807) is 17.8 Å². The Hall–Kier alpha value is -3.90. The maximum absolute atomic E-state index is 13.1. The van der Waals surface area contributed by atoms with Crippen molar-refractivity contribution in [1.29, 1.82) is 0 Å². The van der Waals surface area contributed by atoms with Crippen LogP contribution >= 0.6 is 0 Å². The highest BCUT2D eigenvalue weighted by atomic mass is 16.5. The van der Waals surface area contributed by atoms with Crippen LogP contribution in [0.5, 0.6) is 5.88 Å². The van der Waals surface area contributed by atoms with Crippen molar-refractivity contribution in [3.05, 3.63) is 55.0 Å². The Kier molecular flexibility index (Phi) is 5.15. The maximum atomic E-state index is 13.1. The molecule has 1 saturated heterocycles. The van der Waals surface area contributed by atoms with Gasteiger partial charge in [-0.05, 0) is 31.7 Å². The summed E-state index contributed by atoms with van der Waals surface area (Å²) in [5.74, 6) is 0.757. The average molecular weight is 463 g/mol. The van der Waals surface area contributed by atoms with Crippen LogP contribution in [0.3, 0.4) is 0 Å². The molecule has 34 heavy (non-hydrogen) atoms. The summed E-state index contributed by atoms with van der Waals surface area (Å²) in [6, 6.07) is 2.22. The van der Waals surface area contributed by atoms with Crippen LogP contribution in [-0.4, -0.2) is 60.6 Å². The van der Waals surface area contributed by atoms with Gasteiger partial charge in [0.25, 0.3) is 11.8 Å². The molecule has 12 nitrogen and oxygen atoms in total. The van der Waals surface area contributed by atoms with Gasteiger partial charge in [-0.1, -0.05) is 0 Å². The minimum absolute atomic E-state index is 0.317. The zero-order chi connectivity index (χ0) is 23.1. The lowest BCUT2D eigenvalue weighted by atomic mass is 9.93. The van der Waals surface area contributed by atoms with Crippen molar-refractivity contribution >= 4 is 23.1 Å². The third kappa shape index (κ3) is 3.66. The number of nitrogens with zero attached hydrogens (tertiary/aromatic N) is 8. The van der Waals surface area contributed by atoms with Crippen molar-refractivity contribution in [3.63, 3.8) is 0 Å². The van der Waals surface area contributed by atoms with Crippen molar-refractivity contribution in [2.24, 2.45) is 0 Å². The molecule has 3 aromatic heterocycles. The fourth-order valence-corrected chi connectivity index (χ4v) is 4.21. The van der Waals surface area contributed by atoms with Crippen LogP contribution in [0.2, 0.25) is 0 Å². The van der Waals surface area contributed by atoms with E-state index in [9.17, 15) is 4.79 Å². The molecule has 12 heteroatoms.